The van der Waals surface area contributed by atoms with Crippen LogP contribution in [0, 0.1) is 5.21 Å². The van der Waals surface area contributed by atoms with Crippen molar-refractivity contribution in [3.63, 3.8) is 0 Å². The minimum absolute atomic E-state index is 0.183. The molecular weight excluding hydrogens is 434 g/mol. The average molecular weight is 462 g/mol. The molecule has 0 aliphatic heterocycles. The molecule has 1 aromatic carbocycles. The van der Waals surface area contributed by atoms with E-state index in [1.807, 2.05) is 35.0 Å². The molecule has 1 fully saturated rings. The lowest BCUT2D eigenvalue weighted by Gasteiger charge is -2.13. The predicted molar refractivity (Wildman–Crippen MR) is 127 cm³/mol. The predicted octanol–water partition coefficient (Wildman–Crippen LogP) is 2.03. The molecule has 4 aromatic rings. The summed E-state index contributed by atoms with van der Waals surface area (Å²) in [6, 6.07) is 11.5. The maximum Gasteiger partial charge on any atom is 0.185 e. The number of likely N-dealkylation sites (N-methyl/N-ethyl adjacent to an activating group) is 1. The summed E-state index contributed by atoms with van der Waals surface area (Å²) in [6.07, 6.45) is 6.35. The highest BCUT2D eigenvalue weighted by molar-refractivity contribution is 5.88. The Morgan fingerprint density at radius 2 is 2.15 bits per heavy atom. The lowest BCUT2D eigenvalue weighted by Crippen LogP contribution is -2.29. The molecule has 3 heterocycles. The molecule has 10 heteroatoms. The van der Waals surface area contributed by atoms with E-state index >= 15 is 0 Å². The molecule has 0 amide bonds. The van der Waals surface area contributed by atoms with Crippen LogP contribution in [0.5, 0.6) is 5.75 Å². The molecule has 0 radical (unpaired) electrons. The molecular formula is C24H27N7O3. The number of hydrogen-bond acceptors (Lipinski definition) is 8. The van der Waals surface area contributed by atoms with E-state index in [1.54, 1.807) is 19.3 Å². The van der Waals surface area contributed by atoms with Crippen LogP contribution >= 0.6 is 0 Å². The van der Waals surface area contributed by atoms with Crippen molar-refractivity contribution in [1.82, 2.24) is 25.1 Å². The van der Waals surface area contributed by atoms with Gasteiger partial charge in [-0.25, -0.2) is 14.6 Å². The van der Waals surface area contributed by atoms with Crippen LogP contribution in [0.2, 0.25) is 0 Å². The van der Waals surface area contributed by atoms with Crippen molar-refractivity contribution in [3.8, 4) is 17.1 Å². The fraction of sp³-hybridized carbons (Fsp3) is 0.333. The van der Waals surface area contributed by atoms with E-state index in [0.29, 0.717) is 36.5 Å². The molecule has 0 spiro atoms. The van der Waals surface area contributed by atoms with Crippen LogP contribution in [-0.2, 0) is 6.54 Å². The number of aliphatic hydroxyl groups excluding tert-OH is 1. The zero-order valence-corrected chi connectivity index (χ0v) is 18.9. The molecule has 3 aromatic heterocycles. The third kappa shape index (κ3) is 4.92. The quantitative estimate of drug-likeness (QED) is 0.242. The second kappa shape index (κ2) is 9.62. The first-order chi connectivity index (χ1) is 16.6. The minimum Gasteiger partial charge on any atom is -0.619 e. The average Bonchev–Trinajstić information content (AvgIpc) is 3.60. The Morgan fingerprint density at radius 3 is 2.94 bits per heavy atom. The van der Waals surface area contributed by atoms with Gasteiger partial charge in [0.1, 0.15) is 24.3 Å². The number of aliphatic hydroxyl groups is 1. The number of nitrogens with zero attached hydrogens (tertiary/aromatic N) is 5. The van der Waals surface area contributed by atoms with Gasteiger partial charge in [0.15, 0.2) is 23.9 Å². The summed E-state index contributed by atoms with van der Waals surface area (Å²) in [7, 11) is 1.78. The smallest absolute Gasteiger partial charge is 0.185 e. The van der Waals surface area contributed by atoms with Crippen LogP contribution in [0.1, 0.15) is 24.4 Å². The Morgan fingerprint density at radius 1 is 1.26 bits per heavy atom. The van der Waals surface area contributed by atoms with Crippen molar-refractivity contribution in [2.24, 2.45) is 0 Å². The van der Waals surface area contributed by atoms with Crippen LogP contribution < -0.4 is 20.1 Å². The zero-order chi connectivity index (χ0) is 23.5. The van der Waals surface area contributed by atoms with Gasteiger partial charge in [0.05, 0.1) is 17.6 Å². The number of aromatic nitrogens is 5. The van der Waals surface area contributed by atoms with Crippen molar-refractivity contribution >= 4 is 16.9 Å². The SMILES string of the molecule is CNCC(O)COc1cccc(-c2nc(NCc3ccc[n+]([O-])c3)c3cnn(C4CC4)c3n2)c1. The summed E-state index contributed by atoms with van der Waals surface area (Å²) in [5.74, 6) is 1.83. The number of hydrogen-bond donors (Lipinski definition) is 3. The number of pyridine rings is 1. The van der Waals surface area contributed by atoms with Gasteiger partial charge in [0.25, 0.3) is 0 Å². The van der Waals surface area contributed by atoms with Crippen molar-refractivity contribution in [1.29, 1.82) is 0 Å². The minimum atomic E-state index is -0.601. The molecule has 34 heavy (non-hydrogen) atoms. The molecule has 1 unspecified atom stereocenters. The van der Waals surface area contributed by atoms with Crippen LogP contribution in [0.25, 0.3) is 22.4 Å². The van der Waals surface area contributed by atoms with E-state index in [1.165, 1.54) is 12.4 Å². The van der Waals surface area contributed by atoms with Gasteiger partial charge in [-0.1, -0.05) is 12.1 Å². The maximum atomic E-state index is 11.6. The van der Waals surface area contributed by atoms with E-state index in [4.69, 9.17) is 14.7 Å². The highest BCUT2D eigenvalue weighted by Gasteiger charge is 2.27. The van der Waals surface area contributed by atoms with Crippen molar-refractivity contribution < 1.29 is 14.6 Å². The Labute approximate surface area is 196 Å². The van der Waals surface area contributed by atoms with E-state index in [2.05, 4.69) is 15.7 Å². The van der Waals surface area contributed by atoms with E-state index in [9.17, 15) is 10.3 Å². The molecule has 3 N–H and O–H groups in total. The van der Waals surface area contributed by atoms with E-state index < -0.39 is 6.10 Å². The Balaban J connectivity index is 1.46. The van der Waals surface area contributed by atoms with Gasteiger partial charge in [-0.05, 0) is 38.1 Å². The molecule has 5 rings (SSSR count). The topological polar surface area (TPSA) is 124 Å². The molecule has 10 nitrogen and oxygen atoms in total. The lowest BCUT2D eigenvalue weighted by molar-refractivity contribution is -0.605. The van der Waals surface area contributed by atoms with Crippen LogP contribution in [0.4, 0.5) is 5.82 Å². The second-order valence-electron chi connectivity index (χ2n) is 8.43. The van der Waals surface area contributed by atoms with Gasteiger partial charge in [-0.15, -0.1) is 0 Å². The summed E-state index contributed by atoms with van der Waals surface area (Å²) in [4.78, 5) is 9.63. The molecule has 176 valence electrons. The highest BCUT2D eigenvalue weighted by atomic mass is 16.5. The summed E-state index contributed by atoms with van der Waals surface area (Å²) in [6.45, 7) is 1.07. The zero-order valence-electron chi connectivity index (χ0n) is 18.9. The summed E-state index contributed by atoms with van der Waals surface area (Å²) >= 11 is 0. The number of ether oxygens (including phenoxy) is 1. The Kier molecular flexibility index (Phi) is 6.24. The molecule has 1 saturated carbocycles. The van der Waals surface area contributed by atoms with Gasteiger partial charge in [0.2, 0.25) is 0 Å². The van der Waals surface area contributed by atoms with Gasteiger partial charge < -0.3 is 25.7 Å². The Hall–Kier alpha value is -3.76. The second-order valence-corrected chi connectivity index (χ2v) is 8.43. The summed E-state index contributed by atoms with van der Waals surface area (Å²) in [5, 5.41) is 33.2. The van der Waals surface area contributed by atoms with Crippen LogP contribution in [0.3, 0.4) is 0 Å². The third-order valence-electron chi connectivity index (χ3n) is 5.62. The molecule has 1 atom stereocenters. The van der Waals surface area contributed by atoms with E-state index in [-0.39, 0.29) is 6.61 Å². The van der Waals surface area contributed by atoms with Gasteiger partial charge in [-0.3, -0.25) is 0 Å². The lowest BCUT2D eigenvalue weighted by atomic mass is 10.2. The summed E-state index contributed by atoms with van der Waals surface area (Å²) < 4.78 is 8.51. The first-order valence-electron chi connectivity index (χ1n) is 11.3. The normalized spacial score (nSPS) is 14.3. The molecule has 1 aliphatic carbocycles. The monoisotopic (exact) mass is 461 g/mol. The maximum absolute atomic E-state index is 11.6. The number of anilines is 1. The fourth-order valence-electron chi connectivity index (χ4n) is 3.78. The Bertz CT molecular complexity index is 1290. The van der Waals surface area contributed by atoms with Crippen LogP contribution in [0.15, 0.2) is 55.0 Å². The molecule has 1 aliphatic rings. The largest absolute Gasteiger partial charge is 0.619 e. The number of nitrogens with one attached hydrogen (secondary N) is 2. The first kappa shape index (κ1) is 22.1. The van der Waals surface area contributed by atoms with Gasteiger partial charge in [0, 0.05) is 30.3 Å². The number of fused-ring (bicyclic) bond motifs is 1. The summed E-state index contributed by atoms with van der Waals surface area (Å²) in [5.41, 5.74) is 2.42. The third-order valence-corrected chi connectivity index (χ3v) is 5.62. The molecule has 0 saturated heterocycles. The first-order valence-corrected chi connectivity index (χ1v) is 11.3. The van der Waals surface area contributed by atoms with Crippen LogP contribution in [-0.4, -0.2) is 51.2 Å². The van der Waals surface area contributed by atoms with Crippen molar-refractivity contribution in [2.45, 2.75) is 31.5 Å². The van der Waals surface area contributed by atoms with Gasteiger partial charge >= 0.3 is 0 Å². The van der Waals surface area contributed by atoms with Crippen molar-refractivity contribution in [2.75, 3.05) is 25.5 Å². The molecule has 0 bridgehead atoms. The standard InChI is InChI=1S/C24H27N7O3/c1-25-12-19(32)15-34-20-6-2-5-17(10-20)22-28-23(26-11-16-4-3-9-30(33)14-16)21-13-27-31(18-7-8-18)24(21)29-22/h2-6,9-10,13-14,18-19,25,32H,7-8,11-12,15H2,1H3,(H,26,28,29). The van der Waals surface area contributed by atoms with Crippen molar-refractivity contribution in [3.05, 3.63) is 65.8 Å². The van der Waals surface area contributed by atoms with E-state index in [0.717, 1.165) is 39.7 Å². The number of rotatable bonds is 10. The van der Waals surface area contributed by atoms with Gasteiger partial charge in [-0.2, -0.15) is 9.83 Å². The fourth-order valence-corrected chi connectivity index (χ4v) is 3.78. The highest BCUT2D eigenvalue weighted by Crippen LogP contribution is 2.37. The number of benzene rings is 1.